The summed E-state index contributed by atoms with van der Waals surface area (Å²) >= 11 is 5.94. The highest BCUT2D eigenvalue weighted by molar-refractivity contribution is 9.10. The number of anilines is 1. The Morgan fingerprint density at radius 1 is 1.33 bits per heavy atom. The first-order valence-corrected chi connectivity index (χ1v) is 9.58. The molecule has 2 heterocycles. The molecular weight excluding hydrogens is 414 g/mol. The number of nitrogens with one attached hydrogen (secondary N) is 1. The predicted octanol–water partition coefficient (Wildman–Crippen LogP) is 3.64. The Hall–Kier alpha value is -1.78. The molecule has 0 fully saturated rings. The van der Waals surface area contributed by atoms with Gasteiger partial charge in [-0.2, -0.15) is 0 Å². The smallest absolute Gasteiger partial charge is 0.277 e. The number of thioether (sulfide) groups is 1. The third kappa shape index (κ3) is 4.40. The van der Waals surface area contributed by atoms with Crippen LogP contribution in [0, 0.1) is 0 Å². The second kappa shape index (κ2) is 7.86. The molecule has 0 bridgehead atoms. The van der Waals surface area contributed by atoms with Gasteiger partial charge in [0.25, 0.3) is 5.22 Å². The molecule has 3 rings (SSSR count). The summed E-state index contributed by atoms with van der Waals surface area (Å²) in [5, 5.41) is 20.2. The monoisotopic (exact) mass is 425 g/mol. The van der Waals surface area contributed by atoms with Crippen LogP contribution in [0.4, 0.5) is 5.13 Å². The molecule has 2 aromatic heterocycles. The van der Waals surface area contributed by atoms with Gasteiger partial charge in [-0.15, -0.1) is 20.4 Å². The second-order valence-electron chi connectivity index (χ2n) is 4.57. The lowest BCUT2D eigenvalue weighted by Crippen LogP contribution is -2.13. The van der Waals surface area contributed by atoms with Crippen molar-refractivity contribution in [3.63, 3.8) is 0 Å². The summed E-state index contributed by atoms with van der Waals surface area (Å²) in [6, 6.07) is 7.56. The van der Waals surface area contributed by atoms with Crippen LogP contribution in [-0.4, -0.2) is 32.1 Å². The molecule has 3 aromatic rings. The van der Waals surface area contributed by atoms with Gasteiger partial charge in [-0.05, 0) is 24.6 Å². The average Bonchev–Trinajstić information content (AvgIpc) is 3.22. The summed E-state index contributed by atoms with van der Waals surface area (Å²) in [5.74, 6) is 0.373. The van der Waals surface area contributed by atoms with Crippen LogP contribution < -0.4 is 5.32 Å². The lowest BCUT2D eigenvalue weighted by molar-refractivity contribution is -0.113. The molecule has 0 spiro atoms. The molecule has 1 amide bonds. The van der Waals surface area contributed by atoms with E-state index in [1.54, 1.807) is 0 Å². The largest absolute Gasteiger partial charge is 0.411 e. The first-order chi connectivity index (χ1) is 11.6. The van der Waals surface area contributed by atoms with Gasteiger partial charge in [0.15, 0.2) is 0 Å². The van der Waals surface area contributed by atoms with Gasteiger partial charge in [0.05, 0.1) is 5.75 Å². The van der Waals surface area contributed by atoms with E-state index in [1.807, 2.05) is 31.2 Å². The Bertz CT molecular complexity index is 851. The molecule has 0 aliphatic rings. The van der Waals surface area contributed by atoms with E-state index in [0.29, 0.717) is 16.2 Å². The van der Waals surface area contributed by atoms with Gasteiger partial charge in [0, 0.05) is 10.0 Å². The normalized spacial score (nSPS) is 10.8. The van der Waals surface area contributed by atoms with Crippen molar-refractivity contribution in [2.45, 2.75) is 18.6 Å². The Kier molecular flexibility index (Phi) is 5.59. The maximum atomic E-state index is 11.9. The number of carbonyl (C=O) groups is 1. The molecule has 0 aliphatic carbocycles. The van der Waals surface area contributed by atoms with Crippen LogP contribution in [0.15, 0.2) is 38.4 Å². The molecule has 0 aliphatic heterocycles. The molecule has 10 heteroatoms. The number of amides is 1. The Morgan fingerprint density at radius 2 is 2.21 bits per heavy atom. The van der Waals surface area contributed by atoms with Crippen molar-refractivity contribution in [1.29, 1.82) is 0 Å². The third-order valence-electron chi connectivity index (χ3n) is 2.82. The zero-order valence-corrected chi connectivity index (χ0v) is 15.7. The number of aryl methyl sites for hydroxylation is 1. The summed E-state index contributed by atoms with van der Waals surface area (Å²) in [6.45, 7) is 1.99. The average molecular weight is 426 g/mol. The molecule has 0 atom stereocenters. The van der Waals surface area contributed by atoms with E-state index in [0.717, 1.165) is 21.5 Å². The Labute approximate surface area is 154 Å². The van der Waals surface area contributed by atoms with Gasteiger partial charge in [-0.3, -0.25) is 10.1 Å². The van der Waals surface area contributed by atoms with Gasteiger partial charge in [-0.1, -0.05) is 52.0 Å². The van der Waals surface area contributed by atoms with Crippen molar-refractivity contribution in [3.8, 4) is 11.5 Å². The fourth-order valence-electron chi connectivity index (χ4n) is 1.74. The summed E-state index contributed by atoms with van der Waals surface area (Å²) in [5.41, 5.74) is 0.814. The highest BCUT2D eigenvalue weighted by atomic mass is 79.9. The molecule has 0 saturated carbocycles. The van der Waals surface area contributed by atoms with E-state index in [-0.39, 0.29) is 11.7 Å². The summed E-state index contributed by atoms with van der Waals surface area (Å²) in [4.78, 5) is 11.9. The van der Waals surface area contributed by atoms with Crippen molar-refractivity contribution in [2.75, 3.05) is 11.1 Å². The van der Waals surface area contributed by atoms with E-state index in [9.17, 15) is 4.79 Å². The third-order valence-corrected chi connectivity index (χ3v) is 5.12. The van der Waals surface area contributed by atoms with Crippen LogP contribution in [-0.2, 0) is 11.2 Å². The fourth-order valence-corrected chi connectivity index (χ4v) is 3.39. The standard InChI is InChI=1S/C14H12BrN5O2S2/c1-2-11-17-19-13(24-11)16-10(21)7-23-14-20-18-12(22-14)8-4-3-5-9(15)6-8/h3-6H,2,7H2,1H3,(H,16,19,21). The van der Waals surface area contributed by atoms with Crippen molar-refractivity contribution < 1.29 is 9.21 Å². The SMILES string of the molecule is CCc1nnc(NC(=O)CSc2nnc(-c3cccc(Br)c3)o2)s1. The number of rotatable bonds is 6. The van der Waals surface area contributed by atoms with E-state index >= 15 is 0 Å². The van der Waals surface area contributed by atoms with E-state index in [2.05, 4.69) is 41.6 Å². The molecule has 7 nitrogen and oxygen atoms in total. The Balaban J connectivity index is 1.56. The minimum Gasteiger partial charge on any atom is -0.411 e. The maximum Gasteiger partial charge on any atom is 0.277 e. The lowest BCUT2D eigenvalue weighted by Gasteiger charge is -1.98. The Morgan fingerprint density at radius 3 is 2.96 bits per heavy atom. The summed E-state index contributed by atoms with van der Waals surface area (Å²) in [6.07, 6.45) is 0.794. The summed E-state index contributed by atoms with van der Waals surface area (Å²) in [7, 11) is 0. The summed E-state index contributed by atoms with van der Waals surface area (Å²) < 4.78 is 6.49. The molecule has 24 heavy (non-hydrogen) atoms. The topological polar surface area (TPSA) is 93.8 Å². The van der Waals surface area contributed by atoms with Crippen LogP contribution in [0.1, 0.15) is 11.9 Å². The maximum absolute atomic E-state index is 11.9. The van der Waals surface area contributed by atoms with Gasteiger partial charge in [0.1, 0.15) is 5.01 Å². The zero-order chi connectivity index (χ0) is 16.9. The van der Waals surface area contributed by atoms with Gasteiger partial charge >= 0.3 is 0 Å². The van der Waals surface area contributed by atoms with E-state index in [1.165, 1.54) is 23.1 Å². The van der Waals surface area contributed by atoms with Gasteiger partial charge in [-0.25, -0.2) is 0 Å². The van der Waals surface area contributed by atoms with Crippen LogP contribution >= 0.6 is 39.0 Å². The molecule has 0 radical (unpaired) electrons. The van der Waals surface area contributed by atoms with Gasteiger partial charge in [0.2, 0.25) is 16.9 Å². The second-order valence-corrected chi connectivity index (χ2v) is 7.48. The lowest BCUT2D eigenvalue weighted by atomic mass is 10.2. The highest BCUT2D eigenvalue weighted by Crippen LogP contribution is 2.25. The van der Waals surface area contributed by atoms with Crippen molar-refractivity contribution in [3.05, 3.63) is 33.7 Å². The molecule has 1 N–H and O–H groups in total. The van der Waals surface area contributed by atoms with Crippen LogP contribution in [0.2, 0.25) is 0 Å². The highest BCUT2D eigenvalue weighted by Gasteiger charge is 2.13. The molecule has 0 saturated heterocycles. The fraction of sp³-hybridized carbons (Fsp3) is 0.214. The molecule has 1 aromatic carbocycles. The van der Waals surface area contributed by atoms with Crippen molar-refractivity contribution >= 4 is 50.1 Å². The number of carbonyl (C=O) groups excluding carboxylic acids is 1. The number of halogens is 1. The van der Waals surface area contributed by atoms with E-state index < -0.39 is 0 Å². The van der Waals surface area contributed by atoms with Crippen LogP contribution in [0.5, 0.6) is 0 Å². The number of aromatic nitrogens is 4. The first-order valence-electron chi connectivity index (χ1n) is 6.98. The van der Waals surface area contributed by atoms with Gasteiger partial charge < -0.3 is 4.42 Å². The minimum atomic E-state index is -0.194. The van der Waals surface area contributed by atoms with Crippen molar-refractivity contribution in [2.24, 2.45) is 0 Å². The minimum absolute atomic E-state index is 0.154. The quantitative estimate of drug-likeness (QED) is 0.602. The van der Waals surface area contributed by atoms with Crippen LogP contribution in [0.3, 0.4) is 0 Å². The number of nitrogens with zero attached hydrogens (tertiary/aromatic N) is 4. The molecule has 0 unspecified atom stereocenters. The number of hydrogen-bond donors (Lipinski definition) is 1. The van der Waals surface area contributed by atoms with E-state index in [4.69, 9.17) is 4.42 Å². The van der Waals surface area contributed by atoms with Crippen molar-refractivity contribution in [1.82, 2.24) is 20.4 Å². The predicted molar refractivity (Wildman–Crippen MR) is 96.1 cm³/mol. The zero-order valence-electron chi connectivity index (χ0n) is 12.5. The first kappa shape index (κ1) is 17.1. The van der Waals surface area contributed by atoms with Crippen LogP contribution in [0.25, 0.3) is 11.5 Å². The number of benzene rings is 1. The number of hydrogen-bond acceptors (Lipinski definition) is 8. The molecule has 124 valence electrons. The molecular formula is C14H12BrN5O2S2.